The number of hydrogen-bond donors (Lipinski definition) is 1. The van der Waals surface area contributed by atoms with Crippen LogP contribution in [0.15, 0.2) is 29.2 Å². The van der Waals surface area contributed by atoms with Crippen molar-refractivity contribution in [2.24, 2.45) is 5.73 Å². The van der Waals surface area contributed by atoms with Gasteiger partial charge in [-0.3, -0.25) is 0 Å². The second-order valence-corrected chi connectivity index (χ2v) is 7.96. The van der Waals surface area contributed by atoms with Crippen molar-refractivity contribution in [1.29, 1.82) is 0 Å². The van der Waals surface area contributed by atoms with Gasteiger partial charge in [-0.1, -0.05) is 25.5 Å². The van der Waals surface area contributed by atoms with E-state index in [0.717, 1.165) is 25.2 Å². The van der Waals surface area contributed by atoms with Gasteiger partial charge in [-0.25, -0.2) is 8.42 Å². The van der Waals surface area contributed by atoms with E-state index in [1.165, 1.54) is 19.3 Å². The molecule has 0 spiro atoms. The van der Waals surface area contributed by atoms with E-state index in [9.17, 15) is 8.42 Å². The van der Waals surface area contributed by atoms with Crippen molar-refractivity contribution < 1.29 is 8.42 Å². The summed E-state index contributed by atoms with van der Waals surface area (Å²) in [6.07, 6.45) is 4.45. The maximum atomic E-state index is 12.0. The molecule has 0 bridgehead atoms. The Kier molecular flexibility index (Phi) is 5.79. The van der Waals surface area contributed by atoms with Crippen molar-refractivity contribution in [2.75, 3.05) is 25.4 Å². The van der Waals surface area contributed by atoms with Crippen LogP contribution >= 0.6 is 0 Å². The van der Waals surface area contributed by atoms with E-state index in [-0.39, 0.29) is 11.8 Å². The highest BCUT2D eigenvalue weighted by atomic mass is 32.2. The largest absolute Gasteiger partial charge is 0.323 e. The molecule has 118 valence electrons. The highest BCUT2D eigenvalue weighted by Crippen LogP contribution is 2.19. The van der Waals surface area contributed by atoms with E-state index in [1.807, 2.05) is 19.1 Å². The Hall–Kier alpha value is -0.910. The van der Waals surface area contributed by atoms with Crippen LogP contribution in [0.1, 0.15) is 44.2 Å². The lowest BCUT2D eigenvalue weighted by Gasteiger charge is -2.29. The van der Waals surface area contributed by atoms with Gasteiger partial charge >= 0.3 is 0 Å². The first-order chi connectivity index (χ1) is 10.0. The van der Waals surface area contributed by atoms with Gasteiger partial charge in [0.05, 0.1) is 10.6 Å². The fourth-order valence-electron chi connectivity index (χ4n) is 2.83. The van der Waals surface area contributed by atoms with Gasteiger partial charge < -0.3 is 10.6 Å². The Morgan fingerprint density at radius 1 is 1.14 bits per heavy atom. The summed E-state index contributed by atoms with van der Waals surface area (Å²) in [6.45, 7) is 4.97. The zero-order chi connectivity index (χ0) is 15.3. The van der Waals surface area contributed by atoms with Crippen molar-refractivity contribution >= 4 is 9.84 Å². The monoisotopic (exact) mass is 310 g/mol. The van der Waals surface area contributed by atoms with Gasteiger partial charge in [-0.2, -0.15) is 0 Å². The number of likely N-dealkylation sites (tertiary alicyclic amines) is 1. The fraction of sp³-hybridized carbons (Fsp3) is 0.625. The van der Waals surface area contributed by atoms with Crippen LogP contribution in [-0.2, 0) is 9.84 Å². The first-order valence-electron chi connectivity index (χ1n) is 7.83. The van der Waals surface area contributed by atoms with Gasteiger partial charge in [0.1, 0.15) is 0 Å². The molecule has 0 saturated carbocycles. The molecule has 1 heterocycles. The van der Waals surface area contributed by atoms with Crippen LogP contribution in [0.5, 0.6) is 0 Å². The van der Waals surface area contributed by atoms with Gasteiger partial charge in [0.15, 0.2) is 9.84 Å². The van der Waals surface area contributed by atoms with E-state index in [2.05, 4.69) is 4.90 Å². The quantitative estimate of drug-likeness (QED) is 0.876. The molecule has 2 N–H and O–H groups in total. The molecule has 1 aliphatic rings. The van der Waals surface area contributed by atoms with Crippen LogP contribution < -0.4 is 5.73 Å². The highest BCUT2D eigenvalue weighted by molar-refractivity contribution is 7.91. The van der Waals surface area contributed by atoms with Gasteiger partial charge in [0.2, 0.25) is 0 Å². The molecule has 1 fully saturated rings. The van der Waals surface area contributed by atoms with Crippen molar-refractivity contribution in [3.8, 4) is 0 Å². The number of hydrogen-bond acceptors (Lipinski definition) is 4. The van der Waals surface area contributed by atoms with E-state index in [0.29, 0.717) is 11.3 Å². The number of benzene rings is 1. The second kappa shape index (κ2) is 7.38. The van der Waals surface area contributed by atoms with Crippen LogP contribution in [0.2, 0.25) is 0 Å². The molecule has 5 heteroatoms. The molecule has 0 amide bonds. The van der Waals surface area contributed by atoms with Crippen LogP contribution in [0.25, 0.3) is 0 Å². The number of rotatable bonds is 6. The minimum Gasteiger partial charge on any atom is -0.323 e. The molecule has 0 aromatic heterocycles. The predicted molar refractivity (Wildman–Crippen MR) is 86.0 cm³/mol. The van der Waals surface area contributed by atoms with Gasteiger partial charge in [-0.15, -0.1) is 0 Å². The minimum absolute atomic E-state index is 0.0500. The fourth-order valence-corrected chi connectivity index (χ4v) is 4.16. The molecule has 1 aliphatic heterocycles. The maximum Gasteiger partial charge on any atom is 0.178 e. The third-order valence-electron chi connectivity index (χ3n) is 4.04. The normalized spacial score (nSPS) is 18.6. The molecule has 4 nitrogen and oxygen atoms in total. The minimum atomic E-state index is -3.13. The lowest BCUT2D eigenvalue weighted by molar-refractivity contribution is 0.216. The number of nitrogens with two attached hydrogens (primary N) is 1. The first-order valence-corrected chi connectivity index (χ1v) is 9.49. The molecule has 0 radical (unpaired) electrons. The molecule has 21 heavy (non-hydrogen) atoms. The Bertz CT molecular complexity index is 534. The Morgan fingerprint density at radius 3 is 2.33 bits per heavy atom. The second-order valence-electron chi connectivity index (χ2n) is 5.86. The summed E-state index contributed by atoms with van der Waals surface area (Å²) in [5.74, 6) is 0.201. The highest BCUT2D eigenvalue weighted by Gasteiger charge is 2.17. The zero-order valence-corrected chi connectivity index (χ0v) is 13.6. The van der Waals surface area contributed by atoms with Crippen molar-refractivity contribution in [2.45, 2.75) is 43.5 Å². The Balaban J connectivity index is 2.01. The molecular formula is C16H26N2O2S. The standard InChI is InChI=1S/C16H26N2O2S/c1-2-12-21(19,20)15-8-6-14(7-9-15)16(17)13-18-10-4-3-5-11-18/h6-9,16H,2-5,10-13,17H2,1H3. The molecule has 2 rings (SSSR count). The van der Waals surface area contributed by atoms with Gasteiger partial charge in [0, 0.05) is 12.6 Å². The number of piperidine rings is 1. The van der Waals surface area contributed by atoms with E-state index in [4.69, 9.17) is 5.73 Å². The molecule has 1 aromatic carbocycles. The van der Waals surface area contributed by atoms with Crippen molar-refractivity contribution in [1.82, 2.24) is 4.90 Å². The van der Waals surface area contributed by atoms with E-state index >= 15 is 0 Å². The molecule has 1 unspecified atom stereocenters. The van der Waals surface area contributed by atoms with Gasteiger partial charge in [0.25, 0.3) is 0 Å². The third-order valence-corrected chi connectivity index (χ3v) is 5.98. The lowest BCUT2D eigenvalue weighted by atomic mass is 10.1. The number of sulfone groups is 1. The summed E-state index contributed by atoms with van der Waals surface area (Å²) in [6, 6.07) is 7.05. The Morgan fingerprint density at radius 2 is 1.76 bits per heavy atom. The lowest BCUT2D eigenvalue weighted by Crippen LogP contribution is -2.36. The first kappa shape index (κ1) is 16.5. The average Bonchev–Trinajstić information content (AvgIpc) is 2.48. The smallest absolute Gasteiger partial charge is 0.178 e. The third kappa shape index (κ3) is 4.53. The van der Waals surface area contributed by atoms with E-state index < -0.39 is 9.84 Å². The molecule has 1 atom stereocenters. The van der Waals surface area contributed by atoms with Gasteiger partial charge in [-0.05, 0) is 50.0 Å². The topological polar surface area (TPSA) is 63.4 Å². The summed E-state index contributed by atoms with van der Waals surface area (Å²) in [4.78, 5) is 2.80. The molecule has 0 aliphatic carbocycles. The molecular weight excluding hydrogens is 284 g/mol. The summed E-state index contributed by atoms with van der Waals surface area (Å²) >= 11 is 0. The summed E-state index contributed by atoms with van der Waals surface area (Å²) in [5, 5.41) is 0. The number of nitrogens with zero attached hydrogens (tertiary/aromatic N) is 1. The van der Waals surface area contributed by atoms with Crippen LogP contribution in [-0.4, -0.2) is 38.7 Å². The van der Waals surface area contributed by atoms with Crippen LogP contribution in [0, 0.1) is 0 Å². The SMILES string of the molecule is CCCS(=O)(=O)c1ccc(C(N)CN2CCCCC2)cc1. The predicted octanol–water partition coefficient (Wildman–Crippen LogP) is 2.36. The molecule has 1 aromatic rings. The zero-order valence-electron chi connectivity index (χ0n) is 12.8. The van der Waals surface area contributed by atoms with Crippen molar-refractivity contribution in [3.05, 3.63) is 29.8 Å². The Labute approximate surface area is 128 Å². The maximum absolute atomic E-state index is 12.0. The summed E-state index contributed by atoms with van der Waals surface area (Å²) in [5.41, 5.74) is 7.26. The van der Waals surface area contributed by atoms with Crippen LogP contribution in [0.4, 0.5) is 0 Å². The molecule has 1 saturated heterocycles. The summed E-state index contributed by atoms with van der Waals surface area (Å²) in [7, 11) is -3.13. The van der Waals surface area contributed by atoms with Crippen molar-refractivity contribution in [3.63, 3.8) is 0 Å². The summed E-state index contributed by atoms with van der Waals surface area (Å²) < 4.78 is 24.0. The van der Waals surface area contributed by atoms with E-state index in [1.54, 1.807) is 12.1 Å². The average molecular weight is 310 g/mol. The van der Waals surface area contributed by atoms with Crippen LogP contribution in [0.3, 0.4) is 0 Å².